The quantitative estimate of drug-likeness (QED) is 0.853. The van der Waals surface area contributed by atoms with Crippen LogP contribution >= 0.6 is 11.6 Å². The third-order valence-corrected chi connectivity index (χ3v) is 3.38. The van der Waals surface area contributed by atoms with Gasteiger partial charge in [0.05, 0.1) is 11.4 Å². The van der Waals surface area contributed by atoms with Gasteiger partial charge in [-0.15, -0.1) is 0 Å². The first-order valence-electron chi connectivity index (χ1n) is 6.23. The summed E-state index contributed by atoms with van der Waals surface area (Å²) in [6.07, 6.45) is 0. The zero-order valence-corrected chi connectivity index (χ0v) is 12.2. The number of nitrogens with zero attached hydrogens (tertiary/aromatic N) is 1. The van der Waals surface area contributed by atoms with Gasteiger partial charge in [-0.25, -0.2) is 4.39 Å². The zero-order chi connectivity index (χ0) is 15.6. The van der Waals surface area contributed by atoms with Gasteiger partial charge in [0.25, 0.3) is 0 Å². The number of anilines is 2. The minimum absolute atomic E-state index is 0.234. The molecule has 4 N–H and O–H groups in total. The minimum Gasteiger partial charge on any atom is -0.397 e. The maximum Gasteiger partial charge on any atom is 0.248 e. The average molecular weight is 308 g/mol. The molecular weight excluding hydrogens is 293 g/mol. The van der Waals surface area contributed by atoms with Gasteiger partial charge in [0, 0.05) is 29.7 Å². The van der Waals surface area contributed by atoms with Crippen molar-refractivity contribution >= 4 is 28.9 Å². The Balaban J connectivity index is 2.31. The normalized spacial score (nSPS) is 10.4. The van der Waals surface area contributed by atoms with Crippen molar-refractivity contribution < 1.29 is 9.18 Å². The Hall–Kier alpha value is -2.27. The standard InChI is InChI=1S/C15H15ClFN3O/c1-20(14-7-11(16)3-5-13(14)18)8-10-6-9(15(19)21)2-4-12(10)17/h2-7H,8,18H2,1H3,(H2,19,21). The van der Waals surface area contributed by atoms with E-state index in [4.69, 9.17) is 23.1 Å². The van der Waals surface area contributed by atoms with E-state index in [0.29, 0.717) is 22.0 Å². The van der Waals surface area contributed by atoms with Crippen LogP contribution in [0.15, 0.2) is 36.4 Å². The highest BCUT2D eigenvalue weighted by Crippen LogP contribution is 2.27. The number of halogens is 2. The Kier molecular flexibility index (Phi) is 4.33. The minimum atomic E-state index is -0.596. The number of amides is 1. The second-order valence-electron chi connectivity index (χ2n) is 4.73. The topological polar surface area (TPSA) is 72.3 Å². The monoisotopic (exact) mass is 307 g/mol. The van der Waals surface area contributed by atoms with E-state index in [1.54, 1.807) is 30.1 Å². The molecule has 4 nitrogen and oxygen atoms in total. The van der Waals surface area contributed by atoms with Crippen molar-refractivity contribution in [2.45, 2.75) is 6.54 Å². The lowest BCUT2D eigenvalue weighted by molar-refractivity contribution is 0.1000. The summed E-state index contributed by atoms with van der Waals surface area (Å²) < 4.78 is 13.9. The number of carbonyl (C=O) groups is 1. The molecule has 0 aliphatic carbocycles. The third kappa shape index (κ3) is 3.44. The summed E-state index contributed by atoms with van der Waals surface area (Å²) in [5.41, 5.74) is 12.9. The Morgan fingerprint density at radius 1 is 1.29 bits per heavy atom. The number of primary amides is 1. The van der Waals surface area contributed by atoms with Gasteiger partial charge in [-0.3, -0.25) is 4.79 Å². The molecule has 6 heteroatoms. The van der Waals surface area contributed by atoms with Crippen molar-refractivity contribution in [3.8, 4) is 0 Å². The summed E-state index contributed by atoms with van der Waals surface area (Å²) >= 11 is 5.94. The average Bonchev–Trinajstić information content (AvgIpc) is 2.43. The number of carbonyl (C=O) groups excluding carboxylic acids is 1. The molecule has 110 valence electrons. The maximum atomic E-state index is 13.9. The van der Waals surface area contributed by atoms with Gasteiger partial charge in [-0.2, -0.15) is 0 Å². The highest BCUT2D eigenvalue weighted by molar-refractivity contribution is 6.31. The molecule has 0 aliphatic rings. The number of rotatable bonds is 4. The molecule has 0 atom stereocenters. The van der Waals surface area contributed by atoms with Crippen LogP contribution in [0.1, 0.15) is 15.9 Å². The summed E-state index contributed by atoms with van der Waals surface area (Å²) in [5.74, 6) is -1.01. The fraction of sp³-hybridized carbons (Fsp3) is 0.133. The molecule has 0 saturated carbocycles. The van der Waals surface area contributed by atoms with Crippen molar-refractivity contribution in [2.24, 2.45) is 5.73 Å². The van der Waals surface area contributed by atoms with Gasteiger partial charge in [0.2, 0.25) is 5.91 Å². The first-order chi connectivity index (χ1) is 9.88. The lowest BCUT2D eigenvalue weighted by Gasteiger charge is -2.22. The molecule has 0 aromatic heterocycles. The third-order valence-electron chi connectivity index (χ3n) is 3.14. The van der Waals surface area contributed by atoms with E-state index in [9.17, 15) is 9.18 Å². The van der Waals surface area contributed by atoms with Gasteiger partial charge in [0.1, 0.15) is 5.82 Å². The van der Waals surface area contributed by atoms with Crippen LogP contribution in [0.4, 0.5) is 15.8 Å². The van der Waals surface area contributed by atoms with E-state index in [1.165, 1.54) is 18.2 Å². The molecule has 2 rings (SSSR count). The predicted molar refractivity (Wildman–Crippen MR) is 82.9 cm³/mol. The molecule has 0 spiro atoms. The smallest absolute Gasteiger partial charge is 0.248 e. The van der Waals surface area contributed by atoms with Gasteiger partial charge in [-0.1, -0.05) is 11.6 Å². The van der Waals surface area contributed by atoms with E-state index in [-0.39, 0.29) is 12.1 Å². The highest BCUT2D eigenvalue weighted by Gasteiger charge is 2.12. The first kappa shape index (κ1) is 15.1. The van der Waals surface area contributed by atoms with E-state index in [2.05, 4.69) is 0 Å². The Morgan fingerprint density at radius 2 is 2.00 bits per heavy atom. The van der Waals surface area contributed by atoms with Gasteiger partial charge < -0.3 is 16.4 Å². The van der Waals surface area contributed by atoms with Gasteiger partial charge in [0.15, 0.2) is 0 Å². The SMILES string of the molecule is CN(Cc1cc(C(N)=O)ccc1F)c1cc(Cl)ccc1N. The lowest BCUT2D eigenvalue weighted by Crippen LogP contribution is -2.19. The Labute approximate surface area is 127 Å². The molecule has 0 unspecified atom stereocenters. The van der Waals surface area contributed by atoms with Crippen LogP contribution in [0.25, 0.3) is 0 Å². The van der Waals surface area contributed by atoms with Crippen LogP contribution in [0.2, 0.25) is 5.02 Å². The number of nitrogen functional groups attached to an aromatic ring is 1. The molecular formula is C15H15ClFN3O. The van der Waals surface area contributed by atoms with Crippen molar-refractivity contribution in [3.63, 3.8) is 0 Å². The summed E-state index contributed by atoms with van der Waals surface area (Å²) in [5, 5.41) is 0.539. The van der Waals surface area contributed by atoms with Crippen LogP contribution in [0.3, 0.4) is 0 Å². The fourth-order valence-corrected chi connectivity index (χ4v) is 2.20. The van der Waals surface area contributed by atoms with Crippen LogP contribution < -0.4 is 16.4 Å². The van der Waals surface area contributed by atoms with Gasteiger partial charge >= 0.3 is 0 Å². The summed E-state index contributed by atoms with van der Waals surface area (Å²) in [6, 6.07) is 9.09. The van der Waals surface area contributed by atoms with Gasteiger partial charge in [-0.05, 0) is 36.4 Å². The molecule has 0 fully saturated rings. The summed E-state index contributed by atoms with van der Waals surface area (Å²) in [7, 11) is 1.76. The summed E-state index contributed by atoms with van der Waals surface area (Å²) in [6.45, 7) is 0.234. The highest BCUT2D eigenvalue weighted by atomic mass is 35.5. The van der Waals surface area contributed by atoms with E-state index < -0.39 is 11.7 Å². The van der Waals surface area contributed by atoms with Crippen LogP contribution in [-0.2, 0) is 6.54 Å². The predicted octanol–water partition coefficient (Wildman–Crippen LogP) is 2.80. The zero-order valence-electron chi connectivity index (χ0n) is 11.4. The van der Waals surface area contributed by atoms with E-state index in [0.717, 1.165) is 0 Å². The Morgan fingerprint density at radius 3 is 2.67 bits per heavy atom. The van der Waals surface area contributed by atoms with Crippen molar-refractivity contribution in [2.75, 3.05) is 17.7 Å². The Bertz CT molecular complexity index is 691. The molecule has 0 heterocycles. The number of hydrogen-bond donors (Lipinski definition) is 2. The van der Waals surface area contributed by atoms with E-state index >= 15 is 0 Å². The summed E-state index contributed by atoms with van der Waals surface area (Å²) in [4.78, 5) is 12.9. The molecule has 2 aromatic carbocycles. The first-order valence-corrected chi connectivity index (χ1v) is 6.60. The number of benzene rings is 2. The molecule has 2 aromatic rings. The molecule has 1 amide bonds. The van der Waals surface area contributed by atoms with Crippen LogP contribution in [0.5, 0.6) is 0 Å². The largest absolute Gasteiger partial charge is 0.397 e. The van der Waals surface area contributed by atoms with Crippen molar-refractivity contribution in [1.29, 1.82) is 0 Å². The molecule has 0 aliphatic heterocycles. The second kappa shape index (κ2) is 6.01. The van der Waals surface area contributed by atoms with Crippen molar-refractivity contribution in [1.82, 2.24) is 0 Å². The lowest BCUT2D eigenvalue weighted by atomic mass is 10.1. The molecule has 0 saturated heterocycles. The van der Waals surface area contributed by atoms with Crippen LogP contribution in [0, 0.1) is 5.82 Å². The van der Waals surface area contributed by atoms with E-state index in [1.807, 2.05) is 0 Å². The molecule has 21 heavy (non-hydrogen) atoms. The van der Waals surface area contributed by atoms with Crippen LogP contribution in [-0.4, -0.2) is 13.0 Å². The molecule has 0 bridgehead atoms. The second-order valence-corrected chi connectivity index (χ2v) is 5.17. The number of nitrogens with two attached hydrogens (primary N) is 2. The maximum absolute atomic E-state index is 13.9. The fourth-order valence-electron chi connectivity index (χ4n) is 2.04. The number of hydrogen-bond acceptors (Lipinski definition) is 3. The molecule has 0 radical (unpaired) electrons. The van der Waals surface area contributed by atoms with Crippen molar-refractivity contribution in [3.05, 3.63) is 58.4 Å².